The molecule has 2 N–H and O–H groups in total. The van der Waals surface area contributed by atoms with Crippen molar-refractivity contribution in [2.24, 2.45) is 5.73 Å². The molecule has 158 valence electrons. The first-order valence-corrected chi connectivity index (χ1v) is 10.4. The van der Waals surface area contributed by atoms with Gasteiger partial charge >= 0.3 is 4.87 Å². The number of hydrogen-bond donors (Lipinski definition) is 1. The molecule has 0 fully saturated rings. The van der Waals surface area contributed by atoms with Gasteiger partial charge in [0.05, 0.1) is 53.3 Å². The maximum atomic E-state index is 12.8. The van der Waals surface area contributed by atoms with E-state index in [9.17, 15) is 15.3 Å². The summed E-state index contributed by atoms with van der Waals surface area (Å²) in [4.78, 5) is 12.5. The number of fused-ring (bicyclic) bond motifs is 1. The van der Waals surface area contributed by atoms with E-state index in [1.54, 1.807) is 38.5 Å². The number of rotatable bonds is 4. The van der Waals surface area contributed by atoms with Crippen LogP contribution in [0.1, 0.15) is 17.0 Å². The van der Waals surface area contributed by atoms with Gasteiger partial charge in [0, 0.05) is 0 Å². The Kier molecular flexibility index (Phi) is 5.55. The molecule has 0 spiro atoms. The normalized spacial score (nSPS) is 15.7. The van der Waals surface area contributed by atoms with Gasteiger partial charge in [-0.1, -0.05) is 35.6 Å². The lowest BCUT2D eigenvalue weighted by Crippen LogP contribution is -2.41. The average molecular weight is 443 g/mol. The Bertz CT molecular complexity index is 1520. The van der Waals surface area contributed by atoms with Gasteiger partial charge in [-0.15, -0.1) is 0 Å². The minimum absolute atomic E-state index is 0.0286. The Hall–Kier alpha value is -4.27. The molecule has 0 saturated carbocycles. The van der Waals surface area contributed by atoms with Crippen molar-refractivity contribution in [3.8, 4) is 23.6 Å². The fourth-order valence-electron chi connectivity index (χ4n) is 3.79. The summed E-state index contributed by atoms with van der Waals surface area (Å²) in [5.74, 6) is 0.573. The molecule has 1 aliphatic heterocycles. The Morgan fingerprint density at radius 1 is 1.03 bits per heavy atom. The van der Waals surface area contributed by atoms with Crippen molar-refractivity contribution in [2.45, 2.75) is 5.92 Å². The van der Waals surface area contributed by atoms with Gasteiger partial charge in [-0.05, 0) is 41.5 Å². The number of nitriles is 2. The molecular formula is C24H18N4O3S. The lowest BCUT2D eigenvalue weighted by Gasteiger charge is -2.23. The fraction of sp³-hybridized carbons (Fsp3) is 0.125. The molecule has 0 bridgehead atoms. The summed E-state index contributed by atoms with van der Waals surface area (Å²) in [5.41, 5.74) is 8.21. The molecule has 8 heteroatoms. The maximum absolute atomic E-state index is 12.8. The first kappa shape index (κ1) is 21.0. The second-order valence-corrected chi connectivity index (χ2v) is 7.98. The number of benzene rings is 2. The minimum atomic E-state index is -0.716. The van der Waals surface area contributed by atoms with Crippen LogP contribution in [0.5, 0.6) is 11.5 Å². The first-order chi connectivity index (χ1) is 15.5. The molecule has 2 aromatic carbocycles. The maximum Gasteiger partial charge on any atom is 0.313 e. The summed E-state index contributed by atoms with van der Waals surface area (Å²) in [5, 5.41) is 20.4. The zero-order chi connectivity index (χ0) is 22.8. The highest BCUT2D eigenvalue weighted by Gasteiger charge is 2.32. The number of nitrogens with zero attached hydrogens (tertiary/aromatic N) is 3. The monoisotopic (exact) mass is 442 g/mol. The topological polar surface area (TPSA) is 114 Å². The van der Waals surface area contributed by atoms with Crippen molar-refractivity contribution in [3.05, 3.63) is 84.8 Å². The van der Waals surface area contributed by atoms with Gasteiger partial charge in [-0.25, -0.2) is 0 Å². The highest BCUT2D eigenvalue weighted by molar-refractivity contribution is 7.07. The van der Waals surface area contributed by atoms with E-state index >= 15 is 0 Å². The summed E-state index contributed by atoms with van der Waals surface area (Å²) in [7, 11) is 3.12. The van der Waals surface area contributed by atoms with Gasteiger partial charge in [0.2, 0.25) is 0 Å². The third-order valence-electron chi connectivity index (χ3n) is 5.25. The number of allylic oxidation sites excluding steroid dienone is 1. The van der Waals surface area contributed by atoms with Crippen LogP contribution in [-0.2, 0) is 0 Å². The van der Waals surface area contributed by atoms with Crippen LogP contribution < -0.4 is 30.0 Å². The van der Waals surface area contributed by atoms with Crippen LogP contribution in [0.15, 0.2) is 58.9 Å². The summed E-state index contributed by atoms with van der Waals surface area (Å²) in [6.45, 7) is 0. The smallest absolute Gasteiger partial charge is 0.313 e. The molecule has 2 heterocycles. The molecule has 1 aliphatic rings. The number of ether oxygens (including phenoxy) is 2. The molecule has 0 saturated heterocycles. The summed E-state index contributed by atoms with van der Waals surface area (Å²) in [6.07, 6.45) is 1.81. The first-order valence-electron chi connectivity index (χ1n) is 9.58. The van der Waals surface area contributed by atoms with E-state index in [0.717, 1.165) is 16.9 Å². The Labute approximate surface area is 187 Å². The van der Waals surface area contributed by atoms with Crippen LogP contribution in [0.3, 0.4) is 0 Å². The van der Waals surface area contributed by atoms with Gasteiger partial charge < -0.3 is 15.2 Å². The molecule has 0 radical (unpaired) electrons. The predicted octanol–water partition coefficient (Wildman–Crippen LogP) is 1.88. The largest absolute Gasteiger partial charge is 0.497 e. The molecule has 1 atom stereocenters. The van der Waals surface area contributed by atoms with Gasteiger partial charge in [0.1, 0.15) is 17.3 Å². The number of aromatic nitrogens is 1. The third-order valence-corrected chi connectivity index (χ3v) is 6.13. The summed E-state index contributed by atoms with van der Waals surface area (Å²) in [6, 6.07) is 18.8. The van der Waals surface area contributed by atoms with E-state index in [-0.39, 0.29) is 21.8 Å². The van der Waals surface area contributed by atoms with Crippen molar-refractivity contribution in [3.63, 3.8) is 0 Å². The van der Waals surface area contributed by atoms with Crippen LogP contribution in [-0.4, -0.2) is 18.8 Å². The van der Waals surface area contributed by atoms with E-state index in [0.29, 0.717) is 26.9 Å². The van der Waals surface area contributed by atoms with Gasteiger partial charge in [0.15, 0.2) is 0 Å². The standard InChI is InChI=1S/C24H18N4O3S/c1-30-16-7-3-5-14(9-16)10-20-22-18(12-25)21(15-6-4-8-17(11-15)31-2)19(13-26)23(27)28(22)24(29)32-20/h3-11,21H,27H2,1-2H3/b20-10-/t21-/m1/s1. The van der Waals surface area contributed by atoms with Crippen molar-refractivity contribution in [2.75, 3.05) is 14.2 Å². The minimum Gasteiger partial charge on any atom is -0.497 e. The molecule has 32 heavy (non-hydrogen) atoms. The highest BCUT2D eigenvalue weighted by atomic mass is 32.1. The second-order valence-electron chi connectivity index (χ2n) is 6.98. The van der Waals surface area contributed by atoms with Crippen LogP contribution >= 0.6 is 11.3 Å². The van der Waals surface area contributed by atoms with Crippen molar-refractivity contribution in [1.29, 1.82) is 10.5 Å². The van der Waals surface area contributed by atoms with E-state index in [1.807, 2.05) is 30.3 Å². The van der Waals surface area contributed by atoms with Crippen molar-refractivity contribution < 1.29 is 9.47 Å². The van der Waals surface area contributed by atoms with Gasteiger partial charge in [0.25, 0.3) is 0 Å². The SMILES string of the molecule is COc1cccc(/C=c2\sc(=O)n3c2=C(C#N)[C@@H](c2cccc(OC)c2)C(C#N)=C3N)c1. The van der Waals surface area contributed by atoms with Crippen molar-refractivity contribution in [1.82, 2.24) is 4.57 Å². The lowest BCUT2D eigenvalue weighted by atomic mass is 9.83. The quantitative estimate of drug-likeness (QED) is 0.660. The fourth-order valence-corrected chi connectivity index (χ4v) is 4.75. The zero-order valence-corrected chi connectivity index (χ0v) is 18.1. The third kappa shape index (κ3) is 3.43. The van der Waals surface area contributed by atoms with Gasteiger partial charge in [-0.2, -0.15) is 10.5 Å². The van der Waals surface area contributed by atoms with Crippen LogP contribution in [0.25, 0.3) is 17.5 Å². The number of methoxy groups -OCH3 is 2. The lowest BCUT2D eigenvalue weighted by molar-refractivity contribution is 0.414. The van der Waals surface area contributed by atoms with E-state index in [1.165, 1.54) is 4.57 Å². The van der Waals surface area contributed by atoms with Crippen LogP contribution in [0.2, 0.25) is 0 Å². The average Bonchev–Trinajstić information content (AvgIpc) is 3.14. The summed E-state index contributed by atoms with van der Waals surface area (Å²) < 4.78 is 12.4. The Morgan fingerprint density at radius 2 is 1.69 bits per heavy atom. The molecule has 4 rings (SSSR count). The molecule has 0 unspecified atom stereocenters. The Morgan fingerprint density at radius 3 is 2.34 bits per heavy atom. The molecule has 1 aromatic heterocycles. The van der Waals surface area contributed by atoms with E-state index in [2.05, 4.69) is 12.1 Å². The number of thiazole rings is 1. The van der Waals surface area contributed by atoms with Gasteiger partial charge in [-0.3, -0.25) is 9.36 Å². The molecule has 7 nitrogen and oxygen atoms in total. The van der Waals surface area contributed by atoms with Crippen molar-refractivity contribution >= 4 is 28.8 Å². The van der Waals surface area contributed by atoms with E-state index in [4.69, 9.17) is 15.2 Å². The Balaban J connectivity index is 2.09. The highest BCUT2D eigenvalue weighted by Crippen LogP contribution is 2.36. The molecule has 3 aromatic rings. The molecular weight excluding hydrogens is 424 g/mol. The molecule has 0 aliphatic carbocycles. The second kappa shape index (κ2) is 8.46. The predicted molar refractivity (Wildman–Crippen MR) is 122 cm³/mol. The van der Waals surface area contributed by atoms with E-state index < -0.39 is 5.92 Å². The molecule has 0 amide bonds. The number of hydrogen-bond acceptors (Lipinski definition) is 7. The van der Waals surface area contributed by atoms with Crippen LogP contribution in [0, 0.1) is 22.7 Å². The zero-order valence-electron chi connectivity index (χ0n) is 17.3. The van der Waals surface area contributed by atoms with Crippen LogP contribution in [0.4, 0.5) is 0 Å². The summed E-state index contributed by atoms with van der Waals surface area (Å²) >= 11 is 0.970. The number of nitrogens with two attached hydrogens (primary N) is 1.